The third-order valence-corrected chi connectivity index (χ3v) is 7.56. The van der Waals surface area contributed by atoms with Crippen molar-refractivity contribution in [3.8, 4) is 11.1 Å². The molecular formula is C34H42ClF2N3O2. The Bertz CT molecular complexity index is 1390. The van der Waals surface area contributed by atoms with Crippen molar-refractivity contribution in [3.63, 3.8) is 0 Å². The topological polar surface area (TPSA) is 37.7 Å². The normalized spacial score (nSPS) is 16.7. The highest BCUT2D eigenvalue weighted by Gasteiger charge is 2.37. The number of hydrogen-bond acceptors (Lipinski definition) is 3. The Labute approximate surface area is 253 Å². The third kappa shape index (κ3) is 7.94. The number of likely N-dealkylation sites (tertiary alicyclic amines) is 1. The van der Waals surface area contributed by atoms with Gasteiger partial charge < -0.3 is 19.1 Å². The molecule has 1 unspecified atom stereocenters. The number of carbonyl (C=O) groups is 1. The second-order valence-corrected chi connectivity index (χ2v) is 13.5. The second-order valence-electron chi connectivity index (χ2n) is 13.2. The van der Waals surface area contributed by atoms with E-state index in [1.54, 1.807) is 4.90 Å². The van der Waals surface area contributed by atoms with E-state index in [4.69, 9.17) is 16.3 Å². The minimum Gasteiger partial charge on any atom is -0.444 e. The first-order valence-corrected chi connectivity index (χ1v) is 14.9. The van der Waals surface area contributed by atoms with Gasteiger partial charge in [0.15, 0.2) is 0 Å². The first-order valence-electron chi connectivity index (χ1n) is 14.4. The average Bonchev–Trinajstić information content (AvgIpc) is 3.52. The van der Waals surface area contributed by atoms with Gasteiger partial charge in [0, 0.05) is 60.9 Å². The molecule has 1 saturated heterocycles. The molecule has 42 heavy (non-hydrogen) atoms. The number of hydrogen-bond donors (Lipinski definition) is 0. The van der Waals surface area contributed by atoms with Gasteiger partial charge >= 0.3 is 6.09 Å². The van der Waals surface area contributed by atoms with E-state index in [2.05, 4.69) is 42.4 Å². The Hall–Kier alpha value is -3.32. The van der Waals surface area contributed by atoms with Crippen LogP contribution in [0.5, 0.6) is 0 Å². The minimum absolute atomic E-state index is 0.169. The summed E-state index contributed by atoms with van der Waals surface area (Å²) >= 11 is 6.22. The maximum absolute atomic E-state index is 15.0. The highest BCUT2D eigenvalue weighted by atomic mass is 35.5. The van der Waals surface area contributed by atoms with Gasteiger partial charge in [0.05, 0.1) is 6.04 Å². The van der Waals surface area contributed by atoms with E-state index < -0.39 is 17.2 Å². The lowest BCUT2D eigenvalue weighted by molar-refractivity contribution is 0.0282. The summed E-state index contributed by atoms with van der Waals surface area (Å²) in [5.41, 5.74) is 3.57. The van der Waals surface area contributed by atoms with E-state index in [1.807, 2.05) is 57.4 Å². The zero-order valence-corrected chi connectivity index (χ0v) is 26.2. The van der Waals surface area contributed by atoms with Crippen LogP contribution in [0.2, 0.25) is 0 Å². The fraction of sp³-hybridized carbons (Fsp3) is 0.441. The number of ether oxygens (including phenoxy) is 1. The predicted octanol–water partition coefficient (Wildman–Crippen LogP) is 8.84. The molecule has 4 rings (SSSR count). The fourth-order valence-corrected chi connectivity index (χ4v) is 5.89. The van der Waals surface area contributed by atoms with Crippen molar-refractivity contribution < 1.29 is 18.3 Å². The molecule has 0 N–H and O–H groups in total. The Balaban J connectivity index is 1.72. The SMILES string of the molecule is CC(C)(C)OC(=O)N1CCC(CN(C=CCl)[C@@H](c2cc(-c3cc(F)ccc3F)cn2Cc2ccccc2)C(C)(C)C)C1. The number of carbonyl (C=O) groups excluding carboxylic acids is 1. The number of nitrogens with zero attached hydrogens (tertiary/aromatic N) is 3. The van der Waals surface area contributed by atoms with Crippen molar-refractivity contribution in [1.29, 1.82) is 0 Å². The Morgan fingerprint density at radius 2 is 1.81 bits per heavy atom. The number of amides is 1. The van der Waals surface area contributed by atoms with Gasteiger partial charge in [-0.1, -0.05) is 62.7 Å². The maximum Gasteiger partial charge on any atom is 0.410 e. The van der Waals surface area contributed by atoms with Gasteiger partial charge in [-0.3, -0.25) is 0 Å². The van der Waals surface area contributed by atoms with Crippen molar-refractivity contribution >= 4 is 17.7 Å². The summed E-state index contributed by atoms with van der Waals surface area (Å²) in [6.45, 7) is 14.5. The van der Waals surface area contributed by atoms with Crippen LogP contribution in [0.1, 0.15) is 65.3 Å². The summed E-state index contributed by atoms with van der Waals surface area (Å²) < 4.78 is 36.9. The van der Waals surface area contributed by atoms with Crippen molar-refractivity contribution in [2.75, 3.05) is 19.6 Å². The van der Waals surface area contributed by atoms with Gasteiger partial charge in [0.25, 0.3) is 0 Å². The molecule has 2 aromatic carbocycles. The molecule has 3 aromatic rings. The molecule has 0 radical (unpaired) electrons. The molecule has 0 saturated carbocycles. The van der Waals surface area contributed by atoms with E-state index in [1.165, 1.54) is 17.7 Å². The molecule has 226 valence electrons. The van der Waals surface area contributed by atoms with Crippen LogP contribution in [0.3, 0.4) is 0 Å². The number of rotatable bonds is 8. The van der Waals surface area contributed by atoms with Gasteiger partial charge in [-0.2, -0.15) is 0 Å². The summed E-state index contributed by atoms with van der Waals surface area (Å²) in [7, 11) is 0. The van der Waals surface area contributed by atoms with Crippen LogP contribution in [-0.4, -0.2) is 45.7 Å². The predicted molar refractivity (Wildman–Crippen MR) is 165 cm³/mol. The van der Waals surface area contributed by atoms with Gasteiger partial charge in [-0.05, 0) is 68.4 Å². The zero-order chi connectivity index (χ0) is 30.7. The fourth-order valence-electron chi connectivity index (χ4n) is 5.75. The Morgan fingerprint density at radius 1 is 1.10 bits per heavy atom. The van der Waals surface area contributed by atoms with Crippen LogP contribution in [0.15, 0.2) is 72.5 Å². The Morgan fingerprint density at radius 3 is 2.45 bits per heavy atom. The van der Waals surface area contributed by atoms with Crippen LogP contribution in [0, 0.1) is 23.0 Å². The molecule has 8 heteroatoms. The van der Waals surface area contributed by atoms with E-state index >= 15 is 0 Å². The monoisotopic (exact) mass is 597 g/mol. The molecule has 2 atom stereocenters. The van der Waals surface area contributed by atoms with Crippen LogP contribution in [0.25, 0.3) is 11.1 Å². The molecule has 1 aliphatic heterocycles. The lowest BCUT2D eigenvalue weighted by Gasteiger charge is -2.41. The minimum atomic E-state index is -0.553. The lowest BCUT2D eigenvalue weighted by atomic mass is 9.82. The van der Waals surface area contributed by atoms with Crippen LogP contribution < -0.4 is 0 Å². The summed E-state index contributed by atoms with van der Waals surface area (Å²) in [5, 5.41) is 0. The largest absolute Gasteiger partial charge is 0.444 e. The quantitative estimate of drug-likeness (QED) is 0.260. The van der Waals surface area contributed by atoms with Gasteiger partial charge in [-0.15, -0.1) is 0 Å². The maximum atomic E-state index is 15.0. The summed E-state index contributed by atoms with van der Waals surface area (Å²) in [6, 6.07) is 15.4. The summed E-state index contributed by atoms with van der Waals surface area (Å²) in [6.07, 6.45) is 4.33. The highest BCUT2D eigenvalue weighted by Crippen LogP contribution is 2.42. The van der Waals surface area contributed by atoms with Gasteiger partial charge in [0.1, 0.15) is 17.2 Å². The van der Waals surface area contributed by atoms with Crippen molar-refractivity contribution in [2.24, 2.45) is 11.3 Å². The highest BCUT2D eigenvalue weighted by molar-refractivity contribution is 6.25. The summed E-state index contributed by atoms with van der Waals surface area (Å²) in [5.74, 6) is -0.760. The van der Waals surface area contributed by atoms with E-state index in [0.29, 0.717) is 31.7 Å². The van der Waals surface area contributed by atoms with E-state index in [0.717, 1.165) is 23.7 Å². The second kappa shape index (κ2) is 12.9. The zero-order valence-electron chi connectivity index (χ0n) is 25.4. The lowest BCUT2D eigenvalue weighted by Crippen LogP contribution is -2.39. The molecule has 1 amide bonds. The number of halogens is 3. The number of aromatic nitrogens is 1. The van der Waals surface area contributed by atoms with E-state index in [-0.39, 0.29) is 29.0 Å². The summed E-state index contributed by atoms with van der Waals surface area (Å²) in [4.78, 5) is 16.7. The molecule has 0 aliphatic carbocycles. The molecule has 1 aromatic heterocycles. The first kappa shape index (κ1) is 31.6. The standard InChI is InChI=1S/C34H42ClF2N3O2/c1-33(2,3)31(38(17-15-35)21-25-14-16-39(22-25)32(41)42-34(4,5)6)30-18-26(28-19-27(36)12-13-29(28)37)23-40(30)20-24-10-8-7-9-11-24/h7-13,15,17-19,23,25,31H,14,16,20-22H2,1-6H3/t25?,31-/m0/s1. The van der Waals surface area contributed by atoms with Gasteiger partial charge in [-0.25, -0.2) is 13.6 Å². The molecule has 2 heterocycles. The molecular weight excluding hydrogens is 556 g/mol. The number of benzene rings is 2. The van der Waals surface area contributed by atoms with Crippen LogP contribution >= 0.6 is 11.6 Å². The molecule has 1 fully saturated rings. The smallest absolute Gasteiger partial charge is 0.410 e. The van der Waals surface area contributed by atoms with Crippen molar-refractivity contribution in [2.45, 2.75) is 66.2 Å². The molecule has 0 bridgehead atoms. The van der Waals surface area contributed by atoms with Crippen LogP contribution in [-0.2, 0) is 11.3 Å². The third-order valence-electron chi connectivity index (χ3n) is 7.45. The van der Waals surface area contributed by atoms with E-state index in [9.17, 15) is 13.6 Å². The average molecular weight is 598 g/mol. The van der Waals surface area contributed by atoms with Crippen molar-refractivity contribution in [1.82, 2.24) is 14.4 Å². The van der Waals surface area contributed by atoms with Gasteiger partial charge in [0.2, 0.25) is 0 Å². The van der Waals surface area contributed by atoms with Crippen molar-refractivity contribution in [3.05, 3.63) is 95.4 Å². The van der Waals surface area contributed by atoms with Crippen LogP contribution in [0.4, 0.5) is 13.6 Å². The Kier molecular flexibility index (Phi) is 9.71. The first-order chi connectivity index (χ1) is 19.7. The molecule has 0 spiro atoms. The molecule has 5 nitrogen and oxygen atoms in total. The molecule has 1 aliphatic rings.